The summed E-state index contributed by atoms with van der Waals surface area (Å²) < 4.78 is 4.53. The Morgan fingerprint density at radius 2 is 1.62 bits per heavy atom. The monoisotopic (exact) mass is 396 g/mol. The fraction of sp³-hybridized carbons (Fsp3) is 0.318. The normalized spacial score (nSPS) is 16.4. The zero-order valence-corrected chi connectivity index (χ0v) is 16.2. The number of benzene rings is 2. The quantitative estimate of drug-likeness (QED) is 0.721. The van der Waals surface area contributed by atoms with Gasteiger partial charge in [0, 0.05) is 6.54 Å². The summed E-state index contributed by atoms with van der Waals surface area (Å²) in [6.07, 6.45) is 1.26. The van der Waals surface area contributed by atoms with E-state index in [1.807, 2.05) is 60.7 Å². The molecule has 0 bridgehead atoms. The van der Waals surface area contributed by atoms with Crippen molar-refractivity contribution in [1.29, 1.82) is 0 Å². The first kappa shape index (κ1) is 20.5. The number of carbonyl (C=O) groups is 3. The van der Waals surface area contributed by atoms with Gasteiger partial charge in [-0.1, -0.05) is 60.7 Å². The zero-order chi connectivity index (χ0) is 20.6. The molecule has 152 valence electrons. The number of methoxy groups -OCH3 is 1. The Kier molecular flexibility index (Phi) is 6.97. The van der Waals surface area contributed by atoms with E-state index in [1.165, 1.54) is 12.2 Å². The van der Waals surface area contributed by atoms with E-state index in [4.69, 9.17) is 4.84 Å². The standard InChI is InChI=1S/C22H24N2O5/c1-28-19(25)15-23-21(26)18-13-8-14-24(18)29-22(27)20(16-9-4-2-5-10-16)17-11-6-3-7-12-17/h2-7,9-12,18,20H,8,13-15H2,1H3,(H,23,26). The molecule has 7 heteroatoms. The summed E-state index contributed by atoms with van der Waals surface area (Å²) in [4.78, 5) is 42.5. The van der Waals surface area contributed by atoms with Crippen LogP contribution in [0.1, 0.15) is 29.9 Å². The highest BCUT2D eigenvalue weighted by molar-refractivity contribution is 5.86. The topological polar surface area (TPSA) is 84.9 Å². The Balaban J connectivity index is 1.73. The Morgan fingerprint density at radius 3 is 2.17 bits per heavy atom. The van der Waals surface area contributed by atoms with E-state index < -0.39 is 23.9 Å². The molecule has 0 aliphatic carbocycles. The maximum atomic E-state index is 13.1. The van der Waals surface area contributed by atoms with Gasteiger partial charge in [0.1, 0.15) is 18.5 Å². The van der Waals surface area contributed by atoms with Crippen LogP contribution in [0.2, 0.25) is 0 Å². The number of nitrogens with one attached hydrogen (secondary N) is 1. The molecule has 1 saturated heterocycles. The second-order valence-electron chi connectivity index (χ2n) is 6.76. The molecule has 1 fully saturated rings. The maximum Gasteiger partial charge on any atom is 0.336 e. The molecule has 0 radical (unpaired) electrons. The number of esters is 1. The molecule has 2 aromatic carbocycles. The van der Waals surface area contributed by atoms with E-state index in [9.17, 15) is 14.4 Å². The van der Waals surface area contributed by atoms with Crippen LogP contribution >= 0.6 is 0 Å². The fourth-order valence-corrected chi connectivity index (χ4v) is 3.38. The minimum Gasteiger partial charge on any atom is -0.468 e. The first-order chi connectivity index (χ1) is 14.1. The van der Waals surface area contributed by atoms with Crippen LogP contribution in [0.4, 0.5) is 0 Å². The van der Waals surface area contributed by atoms with Crippen LogP contribution < -0.4 is 5.32 Å². The van der Waals surface area contributed by atoms with Crippen LogP contribution in [0.3, 0.4) is 0 Å². The molecule has 1 aliphatic rings. The van der Waals surface area contributed by atoms with Crippen molar-refractivity contribution in [2.45, 2.75) is 24.8 Å². The molecule has 1 unspecified atom stereocenters. The van der Waals surface area contributed by atoms with Gasteiger partial charge in [-0.05, 0) is 24.0 Å². The van der Waals surface area contributed by atoms with E-state index in [0.717, 1.165) is 11.1 Å². The third-order valence-corrected chi connectivity index (χ3v) is 4.85. The van der Waals surface area contributed by atoms with E-state index in [2.05, 4.69) is 10.1 Å². The van der Waals surface area contributed by atoms with Gasteiger partial charge in [0.15, 0.2) is 0 Å². The van der Waals surface area contributed by atoms with Crippen LogP contribution in [-0.2, 0) is 24.0 Å². The van der Waals surface area contributed by atoms with Gasteiger partial charge in [-0.25, -0.2) is 4.79 Å². The van der Waals surface area contributed by atoms with Gasteiger partial charge in [-0.2, -0.15) is 0 Å². The molecule has 1 heterocycles. The minimum atomic E-state index is -0.629. The van der Waals surface area contributed by atoms with Crippen LogP contribution in [0, 0.1) is 0 Å². The highest BCUT2D eigenvalue weighted by atomic mass is 16.7. The summed E-state index contributed by atoms with van der Waals surface area (Å²) in [5, 5.41) is 3.94. The lowest BCUT2D eigenvalue weighted by Crippen LogP contribution is -2.46. The maximum absolute atomic E-state index is 13.1. The number of hydrogen-bond acceptors (Lipinski definition) is 6. The van der Waals surface area contributed by atoms with E-state index >= 15 is 0 Å². The lowest BCUT2D eigenvalue weighted by molar-refractivity contribution is -0.196. The summed E-state index contributed by atoms with van der Waals surface area (Å²) in [6, 6.07) is 18.2. The zero-order valence-electron chi connectivity index (χ0n) is 16.2. The summed E-state index contributed by atoms with van der Waals surface area (Å²) in [6.45, 7) is 0.239. The van der Waals surface area contributed by atoms with E-state index in [0.29, 0.717) is 19.4 Å². The first-order valence-corrected chi connectivity index (χ1v) is 9.53. The Bertz CT molecular complexity index is 801. The number of hydrogen-bond donors (Lipinski definition) is 1. The molecular weight excluding hydrogens is 372 g/mol. The van der Waals surface area contributed by atoms with E-state index in [1.54, 1.807) is 0 Å². The fourth-order valence-electron chi connectivity index (χ4n) is 3.38. The lowest BCUT2D eigenvalue weighted by atomic mass is 9.91. The largest absolute Gasteiger partial charge is 0.468 e. The van der Waals surface area contributed by atoms with Crippen molar-refractivity contribution >= 4 is 17.8 Å². The predicted molar refractivity (Wildman–Crippen MR) is 106 cm³/mol. The van der Waals surface area contributed by atoms with Crippen LogP contribution in [0.5, 0.6) is 0 Å². The Hall–Kier alpha value is -3.19. The van der Waals surface area contributed by atoms with Gasteiger partial charge in [0.2, 0.25) is 5.91 Å². The molecule has 0 aromatic heterocycles. The van der Waals surface area contributed by atoms with Crippen LogP contribution in [0.25, 0.3) is 0 Å². The second kappa shape index (κ2) is 9.84. The van der Waals surface area contributed by atoms with Crippen molar-refractivity contribution in [3.63, 3.8) is 0 Å². The summed E-state index contributed by atoms with van der Waals surface area (Å²) >= 11 is 0. The number of ether oxygens (including phenoxy) is 1. The number of nitrogens with zero attached hydrogens (tertiary/aromatic N) is 1. The summed E-state index contributed by atoms with van der Waals surface area (Å²) in [7, 11) is 1.26. The molecule has 3 rings (SSSR count). The van der Waals surface area contributed by atoms with Gasteiger partial charge in [-0.15, -0.1) is 5.06 Å². The van der Waals surface area contributed by atoms with Crippen molar-refractivity contribution in [3.8, 4) is 0 Å². The molecule has 1 amide bonds. The van der Waals surface area contributed by atoms with Crippen LogP contribution in [0.15, 0.2) is 60.7 Å². The molecule has 7 nitrogen and oxygen atoms in total. The smallest absolute Gasteiger partial charge is 0.336 e. The second-order valence-corrected chi connectivity index (χ2v) is 6.76. The highest BCUT2D eigenvalue weighted by Gasteiger charge is 2.36. The summed E-state index contributed by atoms with van der Waals surface area (Å²) in [5.74, 6) is -1.95. The van der Waals surface area contributed by atoms with Gasteiger partial charge >= 0.3 is 11.9 Å². The van der Waals surface area contributed by atoms with Crippen molar-refractivity contribution in [2.24, 2.45) is 0 Å². The highest BCUT2D eigenvalue weighted by Crippen LogP contribution is 2.28. The van der Waals surface area contributed by atoms with E-state index in [-0.39, 0.29) is 12.5 Å². The molecule has 0 spiro atoms. The van der Waals surface area contributed by atoms with Crippen molar-refractivity contribution in [3.05, 3.63) is 71.8 Å². The lowest BCUT2D eigenvalue weighted by Gasteiger charge is -2.25. The minimum absolute atomic E-state index is 0.218. The van der Waals surface area contributed by atoms with Crippen LogP contribution in [-0.4, -0.2) is 49.2 Å². The number of amides is 1. The molecule has 29 heavy (non-hydrogen) atoms. The third-order valence-electron chi connectivity index (χ3n) is 4.85. The van der Waals surface area contributed by atoms with Gasteiger partial charge in [-0.3, -0.25) is 9.59 Å². The number of rotatable bonds is 7. The Morgan fingerprint density at radius 1 is 1.03 bits per heavy atom. The molecule has 0 saturated carbocycles. The molecular formula is C22H24N2O5. The molecule has 1 aliphatic heterocycles. The van der Waals surface area contributed by atoms with Gasteiger partial charge in [0.25, 0.3) is 0 Å². The van der Waals surface area contributed by atoms with Crippen molar-refractivity contribution < 1.29 is 24.0 Å². The molecule has 1 N–H and O–H groups in total. The SMILES string of the molecule is COC(=O)CNC(=O)C1CCCN1OC(=O)C(c1ccccc1)c1ccccc1. The summed E-state index contributed by atoms with van der Waals surface area (Å²) in [5.41, 5.74) is 1.63. The molecule has 1 atom stereocenters. The van der Waals surface area contributed by atoms with Gasteiger partial charge in [0.05, 0.1) is 7.11 Å². The van der Waals surface area contributed by atoms with Crippen molar-refractivity contribution in [1.82, 2.24) is 10.4 Å². The molecule has 2 aromatic rings. The van der Waals surface area contributed by atoms with Crippen molar-refractivity contribution in [2.75, 3.05) is 20.2 Å². The number of hydroxylamine groups is 2. The van der Waals surface area contributed by atoms with Gasteiger partial charge < -0.3 is 14.9 Å². The third kappa shape index (κ3) is 5.20. The first-order valence-electron chi connectivity index (χ1n) is 9.53. The number of carbonyl (C=O) groups excluding carboxylic acids is 3. The average Bonchev–Trinajstić information content (AvgIpc) is 3.21. The Labute approximate surface area is 169 Å². The average molecular weight is 396 g/mol. The predicted octanol–water partition coefficient (Wildman–Crippen LogP) is 2.03.